The van der Waals surface area contributed by atoms with Gasteiger partial charge in [0.15, 0.2) is 0 Å². The number of hydrogen-bond donors (Lipinski definition) is 2. The van der Waals surface area contributed by atoms with Crippen molar-refractivity contribution < 1.29 is 19.8 Å². The fourth-order valence-corrected chi connectivity index (χ4v) is 4.05. The molecule has 0 atom stereocenters. The van der Waals surface area contributed by atoms with Crippen LogP contribution in [0.3, 0.4) is 0 Å². The Hall–Kier alpha value is -0.360. The van der Waals surface area contributed by atoms with Crippen LogP contribution in [-0.2, 0) is 9.59 Å². The topological polar surface area (TPSA) is 74.6 Å². The molecule has 4 nitrogen and oxygen atoms in total. The first-order valence-corrected chi connectivity index (χ1v) is 10.2. The van der Waals surface area contributed by atoms with E-state index < -0.39 is 11.9 Å². The molecule has 0 bridgehead atoms. The minimum absolute atomic E-state index is 0.256. The maximum absolute atomic E-state index is 11.1. The lowest BCUT2D eigenvalue weighted by Gasteiger charge is -2.11. The lowest BCUT2D eigenvalue weighted by molar-refractivity contribution is -0.135. The third kappa shape index (κ3) is 21.9. The molecule has 0 saturated carbocycles. The fraction of sp³-hybridized carbons (Fsp3) is 0.875. The molecule has 0 spiro atoms. The van der Waals surface area contributed by atoms with Gasteiger partial charge in [-0.15, -0.1) is 23.5 Å². The predicted molar refractivity (Wildman–Crippen MR) is 97.9 cm³/mol. The molecule has 2 N–H and O–H groups in total. The molecule has 0 aromatic rings. The molecule has 0 aliphatic heterocycles. The van der Waals surface area contributed by atoms with Gasteiger partial charge in [0.1, 0.15) is 4.58 Å². The van der Waals surface area contributed by atoms with Crippen molar-refractivity contribution in [1.29, 1.82) is 0 Å². The van der Waals surface area contributed by atoms with Gasteiger partial charge in [-0.25, -0.2) is 0 Å². The van der Waals surface area contributed by atoms with Gasteiger partial charge in [-0.3, -0.25) is 9.59 Å². The summed E-state index contributed by atoms with van der Waals surface area (Å²) in [5, 5.41) is 16.6. The standard InChI is InChI=1S/C14H28O2S2.C2H4O2/c1-3-5-7-9-11-17-14(13(15)16)18-12-10-8-6-4-2;1-2(3)4/h14H,3-12H2,1-2H3,(H,15,16);1H3,(H,3,4). The van der Waals surface area contributed by atoms with Gasteiger partial charge in [0.25, 0.3) is 5.97 Å². The average molecular weight is 353 g/mol. The molecule has 0 fully saturated rings. The first-order chi connectivity index (χ1) is 10.5. The second-order valence-corrected chi connectivity index (χ2v) is 7.78. The fourth-order valence-electron chi connectivity index (χ4n) is 1.63. The van der Waals surface area contributed by atoms with Crippen molar-refractivity contribution in [3.05, 3.63) is 0 Å². The molecule has 0 heterocycles. The van der Waals surface area contributed by atoms with E-state index in [0.717, 1.165) is 31.3 Å². The van der Waals surface area contributed by atoms with Gasteiger partial charge in [-0.1, -0.05) is 52.4 Å². The number of thioether (sulfide) groups is 2. The van der Waals surface area contributed by atoms with E-state index in [4.69, 9.17) is 15.0 Å². The zero-order chi connectivity index (χ0) is 17.2. The molecule has 0 aromatic heterocycles. The van der Waals surface area contributed by atoms with E-state index in [1.165, 1.54) is 38.5 Å². The largest absolute Gasteiger partial charge is 0.481 e. The maximum atomic E-state index is 11.1. The SMILES string of the molecule is CC(=O)O.CCCCCCSC(SCCCCCC)C(=O)O. The van der Waals surface area contributed by atoms with Gasteiger partial charge in [0.05, 0.1) is 0 Å². The molecular weight excluding hydrogens is 320 g/mol. The maximum Gasteiger partial charge on any atom is 0.326 e. The monoisotopic (exact) mass is 352 g/mol. The molecule has 22 heavy (non-hydrogen) atoms. The Morgan fingerprint density at radius 3 is 1.45 bits per heavy atom. The Morgan fingerprint density at radius 1 is 0.818 bits per heavy atom. The third-order valence-electron chi connectivity index (χ3n) is 2.74. The van der Waals surface area contributed by atoms with Crippen LogP contribution in [0.2, 0.25) is 0 Å². The average Bonchev–Trinajstić information content (AvgIpc) is 2.43. The molecule has 0 amide bonds. The molecule has 0 rings (SSSR count). The Balaban J connectivity index is 0. The number of rotatable bonds is 13. The Kier molecular flexibility index (Phi) is 20.3. The second kappa shape index (κ2) is 18.7. The van der Waals surface area contributed by atoms with Crippen LogP contribution in [0.5, 0.6) is 0 Å². The predicted octanol–water partition coefficient (Wildman–Crippen LogP) is 5.12. The molecular formula is C16H32O4S2. The van der Waals surface area contributed by atoms with Gasteiger partial charge in [0, 0.05) is 6.92 Å². The summed E-state index contributed by atoms with van der Waals surface area (Å²) >= 11 is 3.21. The highest BCUT2D eigenvalue weighted by Gasteiger charge is 2.17. The first-order valence-electron chi connectivity index (χ1n) is 8.11. The molecule has 0 aliphatic carbocycles. The second-order valence-electron chi connectivity index (χ2n) is 5.05. The van der Waals surface area contributed by atoms with E-state index in [0.29, 0.717) is 0 Å². The summed E-state index contributed by atoms with van der Waals surface area (Å²) in [6.07, 6.45) is 9.77. The molecule has 0 unspecified atom stereocenters. The molecule has 0 aliphatic rings. The summed E-state index contributed by atoms with van der Waals surface area (Å²) in [6, 6.07) is 0. The smallest absolute Gasteiger partial charge is 0.326 e. The normalized spacial score (nSPS) is 10.2. The van der Waals surface area contributed by atoms with Crippen molar-refractivity contribution in [3.63, 3.8) is 0 Å². The van der Waals surface area contributed by atoms with Crippen molar-refractivity contribution in [2.45, 2.75) is 76.7 Å². The first kappa shape index (κ1) is 23.9. The van der Waals surface area contributed by atoms with Crippen LogP contribution >= 0.6 is 23.5 Å². The quantitative estimate of drug-likeness (QED) is 0.354. The number of unbranched alkanes of at least 4 members (excludes halogenated alkanes) is 6. The Morgan fingerprint density at radius 2 is 1.18 bits per heavy atom. The number of carboxylic acid groups (broad SMARTS) is 2. The van der Waals surface area contributed by atoms with Crippen molar-refractivity contribution in [1.82, 2.24) is 0 Å². The zero-order valence-electron chi connectivity index (χ0n) is 14.2. The lowest BCUT2D eigenvalue weighted by atomic mass is 10.2. The lowest BCUT2D eigenvalue weighted by Crippen LogP contribution is -2.13. The molecule has 0 radical (unpaired) electrons. The Labute approximate surface area is 143 Å². The summed E-state index contributed by atoms with van der Waals surface area (Å²) in [7, 11) is 0. The summed E-state index contributed by atoms with van der Waals surface area (Å²) in [5.74, 6) is 0.480. The highest BCUT2D eigenvalue weighted by molar-refractivity contribution is 8.18. The van der Waals surface area contributed by atoms with Gasteiger partial charge in [-0.2, -0.15) is 0 Å². The van der Waals surface area contributed by atoms with Crippen molar-refractivity contribution in [2.75, 3.05) is 11.5 Å². The van der Waals surface area contributed by atoms with Crippen LogP contribution in [0.25, 0.3) is 0 Å². The van der Waals surface area contributed by atoms with E-state index in [-0.39, 0.29) is 4.58 Å². The van der Waals surface area contributed by atoms with E-state index >= 15 is 0 Å². The van der Waals surface area contributed by atoms with Crippen molar-refractivity contribution >= 4 is 35.5 Å². The van der Waals surface area contributed by atoms with Crippen LogP contribution in [0.15, 0.2) is 0 Å². The summed E-state index contributed by atoms with van der Waals surface area (Å²) in [6.45, 7) is 5.47. The molecule has 6 heteroatoms. The van der Waals surface area contributed by atoms with Crippen LogP contribution < -0.4 is 0 Å². The summed E-state index contributed by atoms with van der Waals surface area (Å²) in [4.78, 5) is 20.1. The van der Waals surface area contributed by atoms with E-state index in [1.54, 1.807) is 23.5 Å². The highest BCUT2D eigenvalue weighted by atomic mass is 32.2. The van der Waals surface area contributed by atoms with Crippen molar-refractivity contribution in [3.8, 4) is 0 Å². The van der Waals surface area contributed by atoms with Gasteiger partial charge < -0.3 is 10.2 Å². The third-order valence-corrected chi connectivity index (χ3v) is 5.61. The number of aliphatic carboxylic acids is 2. The van der Waals surface area contributed by atoms with Gasteiger partial charge >= 0.3 is 5.97 Å². The number of hydrogen-bond acceptors (Lipinski definition) is 4. The zero-order valence-corrected chi connectivity index (χ0v) is 15.8. The van der Waals surface area contributed by atoms with Crippen LogP contribution in [0.4, 0.5) is 0 Å². The van der Waals surface area contributed by atoms with Gasteiger partial charge in [-0.05, 0) is 24.3 Å². The molecule has 0 aromatic carbocycles. The summed E-state index contributed by atoms with van der Waals surface area (Å²) < 4.78 is -0.256. The molecule has 132 valence electrons. The number of carbonyl (C=O) groups is 2. The minimum atomic E-state index is -0.833. The summed E-state index contributed by atoms with van der Waals surface area (Å²) in [5.41, 5.74) is 0. The highest BCUT2D eigenvalue weighted by Crippen LogP contribution is 2.26. The number of carboxylic acids is 2. The molecule has 0 saturated heterocycles. The van der Waals surface area contributed by atoms with E-state index in [1.807, 2.05) is 0 Å². The minimum Gasteiger partial charge on any atom is -0.481 e. The van der Waals surface area contributed by atoms with Crippen molar-refractivity contribution in [2.24, 2.45) is 0 Å². The van der Waals surface area contributed by atoms with Crippen LogP contribution in [0, 0.1) is 0 Å². The van der Waals surface area contributed by atoms with Crippen LogP contribution in [0.1, 0.15) is 72.1 Å². The van der Waals surface area contributed by atoms with E-state index in [9.17, 15) is 4.79 Å². The van der Waals surface area contributed by atoms with E-state index in [2.05, 4.69) is 13.8 Å². The van der Waals surface area contributed by atoms with Crippen LogP contribution in [-0.4, -0.2) is 38.2 Å². The van der Waals surface area contributed by atoms with Gasteiger partial charge in [0.2, 0.25) is 0 Å². The Bertz CT molecular complexity index is 255.